The lowest BCUT2D eigenvalue weighted by molar-refractivity contribution is 0.248. The third kappa shape index (κ3) is 0.898. The van der Waals surface area contributed by atoms with Gasteiger partial charge in [-0.3, -0.25) is 0 Å². The van der Waals surface area contributed by atoms with Crippen molar-refractivity contribution in [2.45, 2.75) is 31.4 Å². The van der Waals surface area contributed by atoms with Gasteiger partial charge < -0.3 is 0 Å². The predicted octanol–water partition coefficient (Wildman–Crippen LogP) is 2.78. The van der Waals surface area contributed by atoms with E-state index < -0.39 is 0 Å². The Labute approximate surface area is 73.1 Å². The standard InChI is InChI=1S/C10H16S/c1-6-7-2-3-8(4-7)10(6)9-5-11-9/h6-10H,2-5H2,1H3. The zero-order chi connectivity index (χ0) is 7.42. The Morgan fingerprint density at radius 3 is 2.45 bits per heavy atom. The molecule has 0 N–H and O–H groups in total. The van der Waals surface area contributed by atoms with E-state index in [1.54, 1.807) is 19.3 Å². The highest BCUT2D eigenvalue weighted by molar-refractivity contribution is 8.06. The molecule has 62 valence electrons. The van der Waals surface area contributed by atoms with E-state index in [0.717, 1.165) is 28.9 Å². The van der Waals surface area contributed by atoms with Gasteiger partial charge in [0.1, 0.15) is 0 Å². The molecule has 0 aromatic carbocycles. The molecule has 3 fully saturated rings. The summed E-state index contributed by atoms with van der Waals surface area (Å²) in [6.07, 6.45) is 4.71. The SMILES string of the molecule is CC1C2CCC(C2)C1C1CS1. The summed E-state index contributed by atoms with van der Waals surface area (Å²) >= 11 is 2.21. The molecule has 11 heavy (non-hydrogen) atoms. The molecule has 1 saturated heterocycles. The van der Waals surface area contributed by atoms with Gasteiger partial charge in [-0.15, -0.1) is 0 Å². The normalized spacial score (nSPS) is 60.3. The van der Waals surface area contributed by atoms with Crippen molar-refractivity contribution in [2.75, 3.05) is 5.75 Å². The van der Waals surface area contributed by atoms with Crippen LogP contribution in [-0.4, -0.2) is 11.0 Å². The van der Waals surface area contributed by atoms with Crippen LogP contribution in [0.2, 0.25) is 0 Å². The molecule has 0 spiro atoms. The van der Waals surface area contributed by atoms with Gasteiger partial charge in [0.25, 0.3) is 0 Å². The van der Waals surface area contributed by atoms with E-state index in [9.17, 15) is 0 Å². The summed E-state index contributed by atoms with van der Waals surface area (Å²) in [6, 6.07) is 0. The summed E-state index contributed by atoms with van der Waals surface area (Å²) in [5, 5.41) is 1.10. The molecule has 1 heteroatoms. The summed E-state index contributed by atoms with van der Waals surface area (Å²) in [6.45, 7) is 2.51. The zero-order valence-electron chi connectivity index (χ0n) is 7.12. The molecule has 0 aromatic heterocycles. The highest BCUT2D eigenvalue weighted by Gasteiger charge is 2.51. The van der Waals surface area contributed by atoms with Gasteiger partial charge in [-0.1, -0.05) is 6.92 Å². The third-order valence-corrected chi connectivity index (χ3v) is 5.23. The fraction of sp³-hybridized carbons (Fsp3) is 1.00. The smallest absolute Gasteiger partial charge is 0.0172 e. The summed E-state index contributed by atoms with van der Waals surface area (Å²) in [7, 11) is 0. The van der Waals surface area contributed by atoms with Gasteiger partial charge in [-0.25, -0.2) is 0 Å². The second kappa shape index (κ2) is 2.18. The first-order valence-electron chi connectivity index (χ1n) is 4.98. The Hall–Kier alpha value is 0.350. The first-order valence-corrected chi connectivity index (χ1v) is 6.03. The lowest BCUT2D eigenvalue weighted by Crippen LogP contribution is -2.23. The summed E-state index contributed by atoms with van der Waals surface area (Å²) < 4.78 is 0. The molecule has 0 nitrogen and oxygen atoms in total. The van der Waals surface area contributed by atoms with Crippen molar-refractivity contribution in [1.29, 1.82) is 0 Å². The summed E-state index contributed by atoms with van der Waals surface area (Å²) in [5.74, 6) is 5.98. The van der Waals surface area contributed by atoms with Gasteiger partial charge in [0.15, 0.2) is 0 Å². The highest BCUT2D eigenvalue weighted by Crippen LogP contribution is 2.58. The minimum atomic E-state index is 1.08. The van der Waals surface area contributed by atoms with E-state index in [-0.39, 0.29) is 0 Å². The van der Waals surface area contributed by atoms with E-state index in [1.807, 2.05) is 0 Å². The van der Waals surface area contributed by atoms with Crippen molar-refractivity contribution in [3.63, 3.8) is 0 Å². The summed E-state index contributed by atoms with van der Waals surface area (Å²) in [5.41, 5.74) is 0. The minimum Gasteiger partial charge on any atom is -0.156 e. The topological polar surface area (TPSA) is 0 Å². The van der Waals surface area contributed by atoms with Crippen molar-refractivity contribution in [2.24, 2.45) is 23.7 Å². The number of hydrogen-bond donors (Lipinski definition) is 0. The maximum absolute atomic E-state index is 2.51. The first-order chi connectivity index (χ1) is 5.36. The fourth-order valence-electron chi connectivity index (χ4n) is 3.54. The van der Waals surface area contributed by atoms with Crippen LogP contribution in [-0.2, 0) is 0 Å². The molecule has 0 radical (unpaired) electrons. The van der Waals surface area contributed by atoms with Crippen LogP contribution in [0.25, 0.3) is 0 Å². The monoisotopic (exact) mass is 168 g/mol. The van der Waals surface area contributed by atoms with E-state index in [2.05, 4.69) is 18.7 Å². The molecule has 1 heterocycles. The molecule has 3 rings (SSSR count). The molecule has 0 amide bonds. The third-order valence-electron chi connectivity index (χ3n) is 4.20. The zero-order valence-corrected chi connectivity index (χ0v) is 7.94. The van der Waals surface area contributed by atoms with E-state index in [0.29, 0.717) is 0 Å². The molecular weight excluding hydrogens is 152 g/mol. The Kier molecular flexibility index (Phi) is 1.36. The number of fused-ring (bicyclic) bond motifs is 2. The van der Waals surface area contributed by atoms with Crippen LogP contribution < -0.4 is 0 Å². The van der Waals surface area contributed by atoms with E-state index in [4.69, 9.17) is 0 Å². The lowest BCUT2D eigenvalue weighted by Gasteiger charge is -2.27. The quantitative estimate of drug-likeness (QED) is 0.543. The molecule has 1 aliphatic heterocycles. The van der Waals surface area contributed by atoms with Gasteiger partial charge >= 0.3 is 0 Å². The molecule has 5 atom stereocenters. The van der Waals surface area contributed by atoms with Gasteiger partial charge in [0.05, 0.1) is 0 Å². The Balaban J connectivity index is 1.82. The van der Waals surface area contributed by atoms with Crippen molar-refractivity contribution in [3.05, 3.63) is 0 Å². The molecule has 5 unspecified atom stereocenters. The van der Waals surface area contributed by atoms with Crippen LogP contribution in [0, 0.1) is 23.7 Å². The first kappa shape index (κ1) is 6.82. The van der Waals surface area contributed by atoms with Crippen LogP contribution in [0.5, 0.6) is 0 Å². The summed E-state index contributed by atoms with van der Waals surface area (Å²) in [4.78, 5) is 0. The molecular formula is C10H16S. The van der Waals surface area contributed by atoms with Crippen molar-refractivity contribution < 1.29 is 0 Å². The van der Waals surface area contributed by atoms with Crippen LogP contribution in [0.15, 0.2) is 0 Å². The van der Waals surface area contributed by atoms with Crippen LogP contribution in [0.3, 0.4) is 0 Å². The molecule has 2 aliphatic carbocycles. The highest BCUT2D eigenvalue weighted by atomic mass is 32.2. The molecule has 3 aliphatic rings. The number of rotatable bonds is 1. The average molecular weight is 168 g/mol. The van der Waals surface area contributed by atoms with Crippen molar-refractivity contribution >= 4 is 11.8 Å². The Morgan fingerprint density at radius 1 is 1.18 bits per heavy atom. The second-order valence-corrected chi connectivity index (χ2v) is 5.91. The van der Waals surface area contributed by atoms with Crippen LogP contribution >= 0.6 is 11.8 Å². The lowest BCUT2D eigenvalue weighted by atomic mass is 9.79. The van der Waals surface area contributed by atoms with Crippen molar-refractivity contribution in [3.8, 4) is 0 Å². The van der Waals surface area contributed by atoms with Crippen LogP contribution in [0.1, 0.15) is 26.2 Å². The van der Waals surface area contributed by atoms with Crippen LogP contribution in [0.4, 0.5) is 0 Å². The largest absolute Gasteiger partial charge is 0.156 e. The fourth-order valence-corrected chi connectivity index (χ4v) is 4.57. The molecule has 0 aromatic rings. The van der Waals surface area contributed by atoms with Gasteiger partial charge in [-0.2, -0.15) is 11.8 Å². The maximum Gasteiger partial charge on any atom is 0.0172 e. The van der Waals surface area contributed by atoms with Crippen molar-refractivity contribution in [1.82, 2.24) is 0 Å². The minimum absolute atomic E-state index is 1.08. The Morgan fingerprint density at radius 2 is 1.91 bits per heavy atom. The van der Waals surface area contributed by atoms with E-state index in [1.165, 1.54) is 5.75 Å². The second-order valence-electron chi connectivity index (χ2n) is 4.64. The van der Waals surface area contributed by atoms with Gasteiger partial charge in [0, 0.05) is 11.0 Å². The molecule has 2 saturated carbocycles. The Bertz CT molecular complexity index is 172. The molecule has 2 bridgehead atoms. The van der Waals surface area contributed by atoms with E-state index >= 15 is 0 Å². The maximum atomic E-state index is 2.51. The predicted molar refractivity (Wildman–Crippen MR) is 49.7 cm³/mol. The number of hydrogen-bond acceptors (Lipinski definition) is 1. The van der Waals surface area contributed by atoms with Gasteiger partial charge in [-0.05, 0) is 42.9 Å². The number of thioether (sulfide) groups is 1. The van der Waals surface area contributed by atoms with Gasteiger partial charge in [0.2, 0.25) is 0 Å². The average Bonchev–Trinajstić information content (AvgIpc) is 2.62.